The third-order valence-electron chi connectivity index (χ3n) is 4.30. The first-order valence-corrected chi connectivity index (χ1v) is 7.67. The van der Waals surface area contributed by atoms with E-state index in [9.17, 15) is 15.0 Å². The van der Waals surface area contributed by atoms with Gasteiger partial charge in [0.05, 0.1) is 0 Å². The molecule has 2 heterocycles. The van der Waals surface area contributed by atoms with Crippen LogP contribution >= 0.6 is 0 Å². The summed E-state index contributed by atoms with van der Waals surface area (Å²) in [6.45, 7) is 3.61. The number of aliphatic carboxylic acids is 1. The summed E-state index contributed by atoms with van der Waals surface area (Å²) in [4.78, 5) is 20.6. The molecule has 122 valence electrons. The summed E-state index contributed by atoms with van der Waals surface area (Å²) in [6.07, 6.45) is 3.39. The highest BCUT2D eigenvalue weighted by Crippen LogP contribution is 2.44. The van der Waals surface area contributed by atoms with E-state index in [2.05, 4.69) is 9.98 Å². The number of benzene rings is 1. The van der Waals surface area contributed by atoms with Crippen LogP contribution in [-0.4, -0.2) is 26.9 Å². The minimum atomic E-state index is -0.932. The standard InChI is InChI=1S/C19H18N2O3/c1-11-16(14-6-4-8-20-10-14)18(13-5-3-7-15(22)9-13)17(19(23)24)12(2)21-11/h3-10,17-18,22H,1-2H3,(H,23,24). The number of phenols is 1. The van der Waals surface area contributed by atoms with Crippen LogP contribution in [0.4, 0.5) is 0 Å². The summed E-state index contributed by atoms with van der Waals surface area (Å²) in [7, 11) is 0. The van der Waals surface area contributed by atoms with Crippen molar-refractivity contribution >= 4 is 17.3 Å². The summed E-state index contributed by atoms with van der Waals surface area (Å²) < 4.78 is 0. The number of aromatic hydroxyl groups is 1. The number of pyridine rings is 1. The van der Waals surface area contributed by atoms with E-state index in [4.69, 9.17) is 0 Å². The van der Waals surface area contributed by atoms with E-state index in [0.717, 1.165) is 22.4 Å². The van der Waals surface area contributed by atoms with E-state index >= 15 is 0 Å². The van der Waals surface area contributed by atoms with Crippen molar-refractivity contribution in [3.8, 4) is 5.75 Å². The van der Waals surface area contributed by atoms with Crippen molar-refractivity contribution in [1.29, 1.82) is 0 Å². The first-order chi connectivity index (χ1) is 11.5. The maximum atomic E-state index is 11.9. The Hall–Kier alpha value is -2.95. The molecule has 0 saturated heterocycles. The van der Waals surface area contributed by atoms with E-state index in [1.807, 2.05) is 25.1 Å². The number of allylic oxidation sites excluding steroid dienone is 2. The Labute approximate surface area is 140 Å². The van der Waals surface area contributed by atoms with Crippen molar-refractivity contribution in [2.24, 2.45) is 10.9 Å². The quantitative estimate of drug-likeness (QED) is 0.906. The Morgan fingerprint density at radius 1 is 1.17 bits per heavy atom. The van der Waals surface area contributed by atoms with E-state index in [0.29, 0.717) is 5.71 Å². The smallest absolute Gasteiger partial charge is 0.313 e. The zero-order chi connectivity index (χ0) is 17.3. The lowest BCUT2D eigenvalue weighted by molar-refractivity contribution is -0.139. The highest BCUT2D eigenvalue weighted by atomic mass is 16.4. The summed E-state index contributed by atoms with van der Waals surface area (Å²) in [5.41, 5.74) is 3.74. The molecule has 0 aliphatic carbocycles. The molecule has 0 spiro atoms. The van der Waals surface area contributed by atoms with Gasteiger partial charge in [0.2, 0.25) is 0 Å². The Morgan fingerprint density at radius 2 is 1.96 bits per heavy atom. The molecular weight excluding hydrogens is 304 g/mol. The van der Waals surface area contributed by atoms with Crippen molar-refractivity contribution in [3.63, 3.8) is 0 Å². The van der Waals surface area contributed by atoms with Gasteiger partial charge in [-0.1, -0.05) is 18.2 Å². The minimum Gasteiger partial charge on any atom is -0.508 e. The SMILES string of the molecule is CC1=NC(C)=C(c2cccnc2)C(c2cccc(O)c2)C1C(=O)O. The number of aliphatic imine (C=N–C) groups is 1. The van der Waals surface area contributed by atoms with Crippen LogP contribution in [0, 0.1) is 5.92 Å². The number of carboxylic acid groups (broad SMARTS) is 1. The molecule has 2 unspecified atom stereocenters. The molecule has 0 amide bonds. The van der Waals surface area contributed by atoms with Crippen molar-refractivity contribution in [2.45, 2.75) is 19.8 Å². The third kappa shape index (κ3) is 2.80. The van der Waals surface area contributed by atoms with Crippen molar-refractivity contribution in [3.05, 3.63) is 65.6 Å². The molecule has 24 heavy (non-hydrogen) atoms. The second-order valence-electron chi connectivity index (χ2n) is 5.88. The first-order valence-electron chi connectivity index (χ1n) is 7.67. The van der Waals surface area contributed by atoms with E-state index < -0.39 is 17.8 Å². The highest BCUT2D eigenvalue weighted by molar-refractivity contribution is 6.06. The maximum absolute atomic E-state index is 11.9. The van der Waals surface area contributed by atoms with Gasteiger partial charge in [-0.2, -0.15) is 0 Å². The topological polar surface area (TPSA) is 82.8 Å². The van der Waals surface area contributed by atoms with Gasteiger partial charge in [-0.25, -0.2) is 0 Å². The number of hydrogen-bond donors (Lipinski definition) is 2. The normalized spacial score (nSPS) is 20.7. The molecular formula is C19H18N2O3. The fraction of sp³-hybridized carbons (Fsp3) is 0.211. The monoisotopic (exact) mass is 322 g/mol. The van der Waals surface area contributed by atoms with Gasteiger partial charge < -0.3 is 10.2 Å². The van der Waals surface area contributed by atoms with E-state index in [-0.39, 0.29) is 5.75 Å². The Morgan fingerprint density at radius 3 is 2.58 bits per heavy atom. The predicted octanol–water partition coefficient (Wildman–Crippen LogP) is 3.48. The van der Waals surface area contributed by atoms with Crippen LogP contribution in [0.1, 0.15) is 30.9 Å². The largest absolute Gasteiger partial charge is 0.508 e. The van der Waals surface area contributed by atoms with Crippen LogP contribution in [0.5, 0.6) is 5.75 Å². The predicted molar refractivity (Wildman–Crippen MR) is 91.9 cm³/mol. The molecule has 1 aromatic heterocycles. The fourth-order valence-electron chi connectivity index (χ4n) is 3.34. The molecule has 0 radical (unpaired) electrons. The number of rotatable bonds is 3. The lowest BCUT2D eigenvalue weighted by Gasteiger charge is -2.31. The van der Waals surface area contributed by atoms with Gasteiger partial charge in [-0.3, -0.25) is 14.8 Å². The summed E-state index contributed by atoms with van der Waals surface area (Å²) in [5.74, 6) is -2.04. The lowest BCUT2D eigenvalue weighted by atomic mass is 9.74. The van der Waals surface area contributed by atoms with Gasteiger partial charge in [0.1, 0.15) is 11.7 Å². The molecule has 3 rings (SSSR count). The van der Waals surface area contributed by atoms with Crippen LogP contribution in [-0.2, 0) is 4.79 Å². The number of carbonyl (C=O) groups is 1. The molecule has 5 nitrogen and oxygen atoms in total. The van der Waals surface area contributed by atoms with Crippen molar-refractivity contribution < 1.29 is 15.0 Å². The Kier molecular flexibility index (Phi) is 4.16. The Balaban J connectivity index is 2.25. The average Bonchev–Trinajstić information content (AvgIpc) is 2.54. The van der Waals surface area contributed by atoms with E-state index in [1.165, 1.54) is 0 Å². The van der Waals surface area contributed by atoms with Crippen molar-refractivity contribution in [2.75, 3.05) is 0 Å². The number of aromatic nitrogens is 1. The molecule has 0 saturated carbocycles. The molecule has 1 aliphatic rings. The van der Waals surface area contributed by atoms with Crippen LogP contribution in [0.3, 0.4) is 0 Å². The zero-order valence-electron chi connectivity index (χ0n) is 13.5. The molecule has 1 aliphatic heterocycles. The van der Waals surface area contributed by atoms with Crippen LogP contribution in [0.15, 0.2) is 59.5 Å². The first kappa shape index (κ1) is 15.9. The summed E-state index contributed by atoms with van der Waals surface area (Å²) >= 11 is 0. The summed E-state index contributed by atoms with van der Waals surface area (Å²) in [6, 6.07) is 10.5. The minimum absolute atomic E-state index is 0.111. The highest BCUT2D eigenvalue weighted by Gasteiger charge is 2.38. The molecule has 1 aromatic carbocycles. The number of carboxylic acids is 1. The summed E-state index contributed by atoms with van der Waals surface area (Å²) in [5, 5.41) is 19.6. The van der Waals surface area contributed by atoms with Crippen LogP contribution in [0.25, 0.3) is 5.57 Å². The van der Waals surface area contributed by atoms with E-state index in [1.54, 1.807) is 37.5 Å². The number of nitrogens with zero attached hydrogens (tertiary/aromatic N) is 2. The second kappa shape index (κ2) is 6.28. The van der Waals surface area contributed by atoms with Crippen molar-refractivity contribution in [1.82, 2.24) is 4.98 Å². The van der Waals surface area contributed by atoms with Gasteiger partial charge in [-0.15, -0.1) is 0 Å². The molecule has 2 N–H and O–H groups in total. The van der Waals surface area contributed by atoms with Gasteiger partial charge >= 0.3 is 5.97 Å². The maximum Gasteiger partial charge on any atom is 0.313 e. The van der Waals surface area contributed by atoms with Gasteiger partial charge in [0.15, 0.2) is 0 Å². The van der Waals surface area contributed by atoms with Crippen LogP contribution < -0.4 is 0 Å². The number of phenolic OH excluding ortho intramolecular Hbond substituents is 1. The average molecular weight is 322 g/mol. The molecule has 0 bridgehead atoms. The second-order valence-corrected chi connectivity index (χ2v) is 5.88. The zero-order valence-corrected chi connectivity index (χ0v) is 13.5. The van der Waals surface area contributed by atoms with Gasteiger partial charge in [0, 0.05) is 29.7 Å². The number of hydrogen-bond acceptors (Lipinski definition) is 4. The van der Waals surface area contributed by atoms with Gasteiger partial charge in [0.25, 0.3) is 0 Å². The Bertz CT molecular complexity index is 841. The molecule has 0 fully saturated rings. The molecule has 2 atom stereocenters. The lowest BCUT2D eigenvalue weighted by Crippen LogP contribution is -2.32. The molecule has 2 aromatic rings. The van der Waals surface area contributed by atoms with Crippen LogP contribution in [0.2, 0.25) is 0 Å². The third-order valence-corrected chi connectivity index (χ3v) is 4.30. The fourth-order valence-corrected chi connectivity index (χ4v) is 3.34. The molecule has 5 heteroatoms. The van der Waals surface area contributed by atoms with Gasteiger partial charge in [-0.05, 0) is 48.7 Å².